The van der Waals surface area contributed by atoms with E-state index in [0.717, 1.165) is 10.0 Å². The van der Waals surface area contributed by atoms with Crippen molar-refractivity contribution < 1.29 is 9.84 Å². The number of aliphatic hydroxyl groups is 1. The van der Waals surface area contributed by atoms with Crippen LogP contribution in [-0.4, -0.2) is 24.4 Å². The van der Waals surface area contributed by atoms with Crippen LogP contribution >= 0.6 is 15.9 Å². The number of aliphatic hydroxyl groups excluding tert-OH is 1. The van der Waals surface area contributed by atoms with Gasteiger partial charge in [0.25, 0.3) is 0 Å². The molecule has 0 aromatic heterocycles. The maximum Gasteiger partial charge on any atom is 0.0864 e. The molecule has 13 heavy (non-hydrogen) atoms. The Kier molecular flexibility index (Phi) is 2.67. The number of hydrogen-bond acceptors (Lipinski definition) is 2. The highest BCUT2D eigenvalue weighted by Crippen LogP contribution is 2.26. The minimum atomic E-state index is -0.346. The van der Waals surface area contributed by atoms with E-state index < -0.39 is 0 Å². The molecule has 1 aromatic rings. The molecule has 0 bridgehead atoms. The number of ether oxygens (including phenoxy) is 1. The largest absolute Gasteiger partial charge is 0.390 e. The highest BCUT2D eigenvalue weighted by molar-refractivity contribution is 9.10. The summed E-state index contributed by atoms with van der Waals surface area (Å²) in [5.41, 5.74) is 1.15. The summed E-state index contributed by atoms with van der Waals surface area (Å²) in [5.74, 6) is 0.146. The number of rotatable bonds is 1. The molecule has 2 rings (SSSR count). The van der Waals surface area contributed by atoms with Crippen LogP contribution in [0.25, 0.3) is 0 Å². The molecule has 0 saturated carbocycles. The van der Waals surface area contributed by atoms with Crippen molar-refractivity contribution in [3.63, 3.8) is 0 Å². The SMILES string of the molecule is OC1COCC1c1ccc(Br)cc1. The zero-order valence-electron chi connectivity index (χ0n) is 7.11. The fourth-order valence-corrected chi connectivity index (χ4v) is 1.84. The Morgan fingerprint density at radius 1 is 1.23 bits per heavy atom. The van der Waals surface area contributed by atoms with E-state index in [4.69, 9.17) is 4.74 Å². The van der Waals surface area contributed by atoms with Crippen LogP contribution < -0.4 is 0 Å². The molecule has 0 amide bonds. The van der Waals surface area contributed by atoms with Crippen molar-refractivity contribution in [2.75, 3.05) is 13.2 Å². The van der Waals surface area contributed by atoms with Gasteiger partial charge in [-0.15, -0.1) is 0 Å². The third-order valence-corrected chi connectivity index (χ3v) is 2.88. The summed E-state index contributed by atoms with van der Waals surface area (Å²) in [7, 11) is 0. The molecule has 2 atom stereocenters. The minimum Gasteiger partial charge on any atom is -0.390 e. The van der Waals surface area contributed by atoms with Gasteiger partial charge in [-0.2, -0.15) is 0 Å². The van der Waals surface area contributed by atoms with Crippen molar-refractivity contribution in [2.24, 2.45) is 0 Å². The van der Waals surface area contributed by atoms with E-state index >= 15 is 0 Å². The second kappa shape index (κ2) is 3.78. The standard InChI is InChI=1S/C10H11BrO2/c11-8-3-1-7(2-4-8)9-5-13-6-10(9)12/h1-4,9-10,12H,5-6H2. The van der Waals surface area contributed by atoms with Crippen molar-refractivity contribution in [2.45, 2.75) is 12.0 Å². The lowest BCUT2D eigenvalue weighted by atomic mass is 9.97. The third kappa shape index (κ3) is 1.93. The van der Waals surface area contributed by atoms with Crippen molar-refractivity contribution in [3.05, 3.63) is 34.3 Å². The molecule has 0 spiro atoms. The molecule has 3 heteroatoms. The molecule has 2 nitrogen and oxygen atoms in total. The van der Waals surface area contributed by atoms with E-state index in [2.05, 4.69) is 15.9 Å². The zero-order valence-corrected chi connectivity index (χ0v) is 8.70. The van der Waals surface area contributed by atoms with E-state index in [-0.39, 0.29) is 12.0 Å². The van der Waals surface area contributed by atoms with Gasteiger partial charge < -0.3 is 9.84 Å². The first-order valence-electron chi connectivity index (χ1n) is 4.28. The summed E-state index contributed by atoms with van der Waals surface area (Å²) >= 11 is 3.38. The van der Waals surface area contributed by atoms with Gasteiger partial charge in [0.15, 0.2) is 0 Å². The Bertz CT molecular complexity index is 283. The Labute approximate surface area is 85.7 Å². The Morgan fingerprint density at radius 3 is 2.46 bits per heavy atom. The number of benzene rings is 1. The summed E-state index contributed by atoms with van der Waals surface area (Å²) in [6.45, 7) is 1.09. The topological polar surface area (TPSA) is 29.5 Å². The van der Waals surface area contributed by atoms with Crippen LogP contribution in [0, 0.1) is 0 Å². The van der Waals surface area contributed by atoms with E-state index in [1.54, 1.807) is 0 Å². The quantitative estimate of drug-likeness (QED) is 0.816. The van der Waals surface area contributed by atoms with Gasteiger partial charge in [0.2, 0.25) is 0 Å². The summed E-state index contributed by atoms with van der Waals surface area (Å²) in [6.07, 6.45) is -0.346. The Hall–Kier alpha value is -0.380. The highest BCUT2D eigenvalue weighted by atomic mass is 79.9. The van der Waals surface area contributed by atoms with Crippen molar-refractivity contribution in [1.29, 1.82) is 0 Å². The molecular weight excluding hydrogens is 232 g/mol. The third-order valence-electron chi connectivity index (χ3n) is 2.35. The van der Waals surface area contributed by atoms with Gasteiger partial charge in [0.05, 0.1) is 19.3 Å². The first-order valence-corrected chi connectivity index (χ1v) is 5.08. The molecule has 1 aliphatic rings. The van der Waals surface area contributed by atoms with Crippen molar-refractivity contribution in [3.8, 4) is 0 Å². The molecule has 0 radical (unpaired) electrons. The molecule has 1 N–H and O–H groups in total. The molecule has 0 aliphatic carbocycles. The van der Waals surface area contributed by atoms with Crippen LogP contribution in [-0.2, 0) is 4.74 Å². The summed E-state index contributed by atoms with van der Waals surface area (Å²) in [4.78, 5) is 0. The predicted octanol–water partition coefficient (Wildman–Crippen LogP) is 1.92. The molecule has 1 saturated heterocycles. The second-order valence-electron chi connectivity index (χ2n) is 3.26. The molecule has 1 heterocycles. The van der Waals surface area contributed by atoms with Gasteiger partial charge in [0, 0.05) is 10.4 Å². The van der Waals surface area contributed by atoms with Crippen LogP contribution in [0.3, 0.4) is 0 Å². The molecule has 1 fully saturated rings. The van der Waals surface area contributed by atoms with Gasteiger partial charge in [-0.25, -0.2) is 0 Å². The van der Waals surface area contributed by atoms with E-state index in [9.17, 15) is 5.11 Å². The fourth-order valence-electron chi connectivity index (χ4n) is 1.57. The summed E-state index contributed by atoms with van der Waals surface area (Å²) in [5, 5.41) is 9.57. The van der Waals surface area contributed by atoms with Crippen LogP contribution in [0.1, 0.15) is 11.5 Å². The maximum absolute atomic E-state index is 9.57. The second-order valence-corrected chi connectivity index (χ2v) is 4.18. The number of hydrogen-bond donors (Lipinski definition) is 1. The average Bonchev–Trinajstić information content (AvgIpc) is 2.53. The van der Waals surface area contributed by atoms with E-state index in [1.807, 2.05) is 24.3 Å². The first-order chi connectivity index (χ1) is 6.27. The molecule has 70 valence electrons. The van der Waals surface area contributed by atoms with Gasteiger partial charge in [-0.1, -0.05) is 28.1 Å². The van der Waals surface area contributed by atoms with E-state index in [1.165, 1.54) is 0 Å². The zero-order chi connectivity index (χ0) is 9.26. The van der Waals surface area contributed by atoms with Crippen LogP contribution in [0.5, 0.6) is 0 Å². The normalized spacial score (nSPS) is 27.8. The van der Waals surface area contributed by atoms with E-state index in [0.29, 0.717) is 13.2 Å². The van der Waals surface area contributed by atoms with Crippen LogP contribution in [0.15, 0.2) is 28.7 Å². The number of halogens is 1. The smallest absolute Gasteiger partial charge is 0.0864 e. The summed E-state index contributed by atoms with van der Waals surface area (Å²) < 4.78 is 6.25. The minimum absolute atomic E-state index is 0.146. The van der Waals surface area contributed by atoms with Crippen LogP contribution in [0.2, 0.25) is 0 Å². The highest BCUT2D eigenvalue weighted by Gasteiger charge is 2.27. The molecule has 1 aliphatic heterocycles. The molecular formula is C10H11BrO2. The molecule has 2 unspecified atom stereocenters. The maximum atomic E-state index is 9.57. The predicted molar refractivity (Wildman–Crippen MR) is 53.7 cm³/mol. The monoisotopic (exact) mass is 242 g/mol. The fraction of sp³-hybridized carbons (Fsp3) is 0.400. The van der Waals surface area contributed by atoms with Gasteiger partial charge in [-0.3, -0.25) is 0 Å². The van der Waals surface area contributed by atoms with Crippen LogP contribution in [0.4, 0.5) is 0 Å². The lowest BCUT2D eigenvalue weighted by Crippen LogP contribution is -2.15. The molecule has 1 aromatic carbocycles. The first kappa shape index (κ1) is 9.19. The van der Waals surface area contributed by atoms with Crippen molar-refractivity contribution in [1.82, 2.24) is 0 Å². The van der Waals surface area contributed by atoms with Gasteiger partial charge in [-0.05, 0) is 17.7 Å². The lowest BCUT2D eigenvalue weighted by molar-refractivity contribution is 0.124. The van der Waals surface area contributed by atoms with Crippen molar-refractivity contribution >= 4 is 15.9 Å². The van der Waals surface area contributed by atoms with Gasteiger partial charge >= 0.3 is 0 Å². The van der Waals surface area contributed by atoms with Gasteiger partial charge in [0.1, 0.15) is 0 Å². The Balaban J connectivity index is 2.20. The summed E-state index contributed by atoms with van der Waals surface area (Å²) in [6, 6.07) is 8.01. The lowest BCUT2D eigenvalue weighted by Gasteiger charge is -2.12. The Morgan fingerprint density at radius 2 is 1.92 bits per heavy atom. The average molecular weight is 243 g/mol.